The molecule has 0 amide bonds. The third-order valence-corrected chi connectivity index (χ3v) is 1.85. The maximum atomic E-state index is 11.1. The standard InChI is InChI=1S/C8H4ClNO2/c9-5-2-1-3-6-7(5)8(11)10-4-12-6/h1-4H. The number of benzene rings is 1. The van der Waals surface area contributed by atoms with Crippen molar-refractivity contribution in [2.24, 2.45) is 0 Å². The van der Waals surface area contributed by atoms with Crippen LogP contribution >= 0.6 is 11.6 Å². The summed E-state index contributed by atoms with van der Waals surface area (Å²) in [6.07, 6.45) is 1.11. The minimum absolute atomic E-state index is 0.335. The van der Waals surface area contributed by atoms with Gasteiger partial charge in [-0.05, 0) is 12.1 Å². The third-order valence-electron chi connectivity index (χ3n) is 1.54. The monoisotopic (exact) mass is 181 g/mol. The minimum Gasteiger partial charge on any atom is -0.445 e. The molecule has 0 unspecified atom stereocenters. The summed E-state index contributed by atoms with van der Waals surface area (Å²) >= 11 is 5.76. The van der Waals surface area contributed by atoms with Crippen molar-refractivity contribution in [3.05, 3.63) is 40.0 Å². The molecule has 12 heavy (non-hydrogen) atoms. The van der Waals surface area contributed by atoms with Crippen LogP contribution in [0.3, 0.4) is 0 Å². The van der Waals surface area contributed by atoms with E-state index in [0.29, 0.717) is 16.0 Å². The predicted octanol–water partition coefficient (Wildman–Crippen LogP) is 1.84. The highest BCUT2D eigenvalue weighted by Crippen LogP contribution is 2.18. The van der Waals surface area contributed by atoms with Gasteiger partial charge in [0.05, 0.1) is 5.02 Å². The van der Waals surface area contributed by atoms with Crippen LogP contribution in [0.5, 0.6) is 0 Å². The van der Waals surface area contributed by atoms with Gasteiger partial charge in [0.15, 0.2) is 6.39 Å². The summed E-state index contributed by atoms with van der Waals surface area (Å²) in [4.78, 5) is 14.6. The molecule has 0 fully saturated rings. The molecule has 1 aromatic heterocycles. The highest BCUT2D eigenvalue weighted by atomic mass is 35.5. The van der Waals surface area contributed by atoms with Gasteiger partial charge in [0.1, 0.15) is 11.0 Å². The van der Waals surface area contributed by atoms with E-state index in [1.165, 1.54) is 0 Å². The van der Waals surface area contributed by atoms with E-state index in [0.717, 1.165) is 6.39 Å². The summed E-state index contributed by atoms with van der Waals surface area (Å²) < 4.78 is 4.98. The number of fused-ring (bicyclic) bond motifs is 1. The van der Waals surface area contributed by atoms with Crippen molar-refractivity contribution in [1.29, 1.82) is 0 Å². The smallest absolute Gasteiger partial charge is 0.285 e. The summed E-state index contributed by atoms with van der Waals surface area (Å²) in [5.74, 6) is 0. The van der Waals surface area contributed by atoms with Gasteiger partial charge in [-0.25, -0.2) is 0 Å². The molecule has 0 saturated heterocycles. The molecule has 1 aromatic carbocycles. The van der Waals surface area contributed by atoms with E-state index in [2.05, 4.69) is 4.98 Å². The molecule has 3 nitrogen and oxygen atoms in total. The molecule has 0 atom stereocenters. The molecule has 0 aliphatic carbocycles. The number of hydrogen-bond acceptors (Lipinski definition) is 3. The van der Waals surface area contributed by atoms with Crippen molar-refractivity contribution in [3.8, 4) is 0 Å². The molecule has 0 spiro atoms. The second kappa shape index (κ2) is 2.60. The molecule has 0 saturated carbocycles. The van der Waals surface area contributed by atoms with Crippen molar-refractivity contribution in [2.75, 3.05) is 0 Å². The Labute approximate surface area is 72.6 Å². The molecular formula is C8H4ClNO2. The average Bonchev–Trinajstić information content (AvgIpc) is 2.04. The fraction of sp³-hybridized carbons (Fsp3) is 0. The van der Waals surface area contributed by atoms with Gasteiger partial charge in [0, 0.05) is 0 Å². The number of halogens is 1. The molecule has 0 aliphatic heterocycles. The quantitative estimate of drug-likeness (QED) is 0.623. The predicted molar refractivity (Wildman–Crippen MR) is 45.3 cm³/mol. The van der Waals surface area contributed by atoms with Crippen molar-refractivity contribution >= 4 is 22.6 Å². The number of rotatable bonds is 0. The van der Waals surface area contributed by atoms with Crippen LogP contribution in [0.25, 0.3) is 11.0 Å². The Kier molecular flexibility index (Phi) is 1.59. The normalized spacial score (nSPS) is 10.4. The topological polar surface area (TPSA) is 43.1 Å². The second-order valence-corrected chi connectivity index (χ2v) is 2.68. The van der Waals surface area contributed by atoms with E-state index in [4.69, 9.17) is 16.0 Å². The summed E-state index contributed by atoms with van der Waals surface area (Å²) in [6.45, 7) is 0. The zero-order valence-electron chi connectivity index (χ0n) is 5.95. The summed E-state index contributed by atoms with van der Waals surface area (Å²) in [5, 5.41) is 0.705. The van der Waals surface area contributed by atoms with Gasteiger partial charge in [-0.2, -0.15) is 4.98 Å². The van der Waals surface area contributed by atoms with Gasteiger partial charge in [0.25, 0.3) is 5.56 Å². The zero-order chi connectivity index (χ0) is 8.55. The minimum atomic E-state index is -0.359. The Hall–Kier alpha value is -1.35. The first-order valence-corrected chi connectivity index (χ1v) is 3.69. The van der Waals surface area contributed by atoms with Crippen molar-refractivity contribution in [3.63, 3.8) is 0 Å². The third kappa shape index (κ3) is 0.987. The molecule has 0 bridgehead atoms. The Balaban J connectivity index is 3.07. The molecule has 0 aliphatic rings. The first-order valence-electron chi connectivity index (χ1n) is 3.31. The van der Waals surface area contributed by atoms with Crippen LogP contribution in [0, 0.1) is 0 Å². The number of nitrogens with zero attached hydrogens (tertiary/aromatic N) is 1. The zero-order valence-corrected chi connectivity index (χ0v) is 6.71. The van der Waals surface area contributed by atoms with E-state index in [-0.39, 0.29) is 5.56 Å². The number of hydrogen-bond donors (Lipinski definition) is 0. The van der Waals surface area contributed by atoms with Crippen LogP contribution < -0.4 is 5.56 Å². The van der Waals surface area contributed by atoms with E-state index >= 15 is 0 Å². The molecule has 1 heterocycles. The van der Waals surface area contributed by atoms with Gasteiger partial charge in [-0.3, -0.25) is 4.79 Å². The maximum absolute atomic E-state index is 11.1. The van der Waals surface area contributed by atoms with Crippen LogP contribution in [-0.4, -0.2) is 4.98 Å². The molecular weight excluding hydrogens is 178 g/mol. The molecule has 0 N–H and O–H groups in total. The fourth-order valence-electron chi connectivity index (χ4n) is 1.01. The lowest BCUT2D eigenvalue weighted by molar-refractivity contribution is 0.576. The van der Waals surface area contributed by atoms with E-state index in [1.807, 2.05) is 0 Å². The Morgan fingerprint density at radius 3 is 3.00 bits per heavy atom. The molecule has 2 rings (SSSR count). The lowest BCUT2D eigenvalue weighted by atomic mass is 10.2. The van der Waals surface area contributed by atoms with Gasteiger partial charge in [0.2, 0.25) is 0 Å². The summed E-state index contributed by atoms with van der Waals surface area (Å²) in [6, 6.07) is 5.01. The van der Waals surface area contributed by atoms with Crippen LogP contribution in [0.1, 0.15) is 0 Å². The first-order chi connectivity index (χ1) is 5.79. The lowest BCUT2D eigenvalue weighted by Gasteiger charge is -1.94. The lowest BCUT2D eigenvalue weighted by Crippen LogP contribution is -2.04. The first kappa shape index (κ1) is 7.31. The molecule has 4 heteroatoms. The van der Waals surface area contributed by atoms with E-state index in [1.54, 1.807) is 18.2 Å². The maximum Gasteiger partial charge on any atom is 0.285 e. The molecule has 2 aromatic rings. The summed E-state index contributed by atoms with van der Waals surface area (Å²) in [7, 11) is 0. The fourth-order valence-corrected chi connectivity index (χ4v) is 1.25. The Morgan fingerprint density at radius 2 is 2.25 bits per heavy atom. The van der Waals surface area contributed by atoms with Crippen LogP contribution in [0.4, 0.5) is 0 Å². The highest BCUT2D eigenvalue weighted by molar-refractivity contribution is 6.35. The van der Waals surface area contributed by atoms with Gasteiger partial charge in [-0.15, -0.1) is 0 Å². The largest absolute Gasteiger partial charge is 0.445 e. The van der Waals surface area contributed by atoms with E-state index in [9.17, 15) is 4.79 Å². The Bertz CT molecular complexity index is 472. The number of aromatic nitrogens is 1. The highest BCUT2D eigenvalue weighted by Gasteiger charge is 2.03. The van der Waals surface area contributed by atoms with Crippen LogP contribution in [0.2, 0.25) is 5.02 Å². The van der Waals surface area contributed by atoms with Crippen molar-refractivity contribution in [1.82, 2.24) is 4.98 Å². The van der Waals surface area contributed by atoms with Gasteiger partial charge < -0.3 is 4.42 Å². The molecule has 0 radical (unpaired) electrons. The second-order valence-electron chi connectivity index (χ2n) is 2.27. The van der Waals surface area contributed by atoms with Crippen LogP contribution in [-0.2, 0) is 0 Å². The van der Waals surface area contributed by atoms with Gasteiger partial charge >= 0.3 is 0 Å². The van der Waals surface area contributed by atoms with Crippen molar-refractivity contribution in [2.45, 2.75) is 0 Å². The van der Waals surface area contributed by atoms with Crippen molar-refractivity contribution < 1.29 is 4.42 Å². The molecule has 60 valence electrons. The van der Waals surface area contributed by atoms with Gasteiger partial charge in [-0.1, -0.05) is 17.7 Å². The summed E-state index contributed by atoms with van der Waals surface area (Å²) in [5.41, 5.74) is 0.101. The Morgan fingerprint density at radius 1 is 1.42 bits per heavy atom. The van der Waals surface area contributed by atoms with E-state index < -0.39 is 0 Å². The van der Waals surface area contributed by atoms with Crippen LogP contribution in [0.15, 0.2) is 33.8 Å². The SMILES string of the molecule is O=c1ncoc2cccc(Cl)c12. The average molecular weight is 182 g/mol.